The first kappa shape index (κ1) is 13.0. The van der Waals surface area contributed by atoms with Gasteiger partial charge in [0.15, 0.2) is 0 Å². The lowest BCUT2D eigenvalue weighted by Crippen LogP contribution is -1.86. The maximum atomic E-state index is 13.4. The van der Waals surface area contributed by atoms with Gasteiger partial charge in [-0.1, -0.05) is 11.8 Å². The lowest BCUT2D eigenvalue weighted by molar-refractivity contribution is 0.577. The molecule has 0 radical (unpaired) electrons. The van der Waals surface area contributed by atoms with Crippen molar-refractivity contribution in [2.24, 2.45) is 0 Å². The zero-order chi connectivity index (χ0) is 12.4. The van der Waals surface area contributed by atoms with E-state index in [2.05, 4.69) is 36.8 Å². The highest BCUT2D eigenvalue weighted by Crippen LogP contribution is 2.34. The first-order valence-electron chi connectivity index (χ1n) is 4.50. The van der Waals surface area contributed by atoms with Gasteiger partial charge in [-0.05, 0) is 56.1 Å². The molecule has 0 spiro atoms. The third kappa shape index (κ3) is 3.26. The van der Waals surface area contributed by atoms with Crippen molar-refractivity contribution in [1.29, 1.82) is 0 Å². The Balaban J connectivity index is 2.34. The van der Waals surface area contributed by atoms with E-state index in [1.165, 1.54) is 0 Å². The number of benzene rings is 1. The molecule has 1 aromatic carbocycles. The van der Waals surface area contributed by atoms with E-state index in [1.807, 2.05) is 0 Å². The van der Waals surface area contributed by atoms with Crippen LogP contribution in [-0.4, -0.2) is 4.98 Å². The second-order valence-corrected chi connectivity index (χ2v) is 5.92. The van der Waals surface area contributed by atoms with Gasteiger partial charge in [-0.25, -0.2) is 13.8 Å². The molecule has 1 aromatic heterocycles. The summed E-state index contributed by atoms with van der Waals surface area (Å²) in [7, 11) is 0. The Labute approximate surface area is 118 Å². The van der Waals surface area contributed by atoms with Gasteiger partial charge in [-0.3, -0.25) is 0 Å². The molecule has 0 saturated carbocycles. The van der Waals surface area contributed by atoms with Crippen molar-refractivity contribution in [1.82, 2.24) is 4.98 Å². The van der Waals surface area contributed by atoms with E-state index in [4.69, 9.17) is 0 Å². The fourth-order valence-electron chi connectivity index (χ4n) is 1.14. The Morgan fingerprint density at radius 1 is 1.12 bits per heavy atom. The Hall–Kier alpha value is -0.460. The molecule has 1 nitrogen and oxygen atoms in total. The van der Waals surface area contributed by atoms with Crippen LogP contribution in [0.15, 0.2) is 49.3 Å². The van der Waals surface area contributed by atoms with Crippen LogP contribution in [0.25, 0.3) is 0 Å². The molecule has 17 heavy (non-hydrogen) atoms. The maximum Gasteiger partial charge on any atom is 0.137 e. The normalized spacial score (nSPS) is 10.6. The lowest BCUT2D eigenvalue weighted by atomic mass is 10.3. The molecule has 6 heteroatoms. The summed E-state index contributed by atoms with van der Waals surface area (Å²) in [6, 6.07) is 5.14. The molecule has 0 saturated heterocycles. The molecule has 0 unspecified atom stereocenters. The van der Waals surface area contributed by atoms with Gasteiger partial charge in [-0.15, -0.1) is 0 Å². The molecule has 0 amide bonds. The van der Waals surface area contributed by atoms with Gasteiger partial charge in [0.2, 0.25) is 0 Å². The fourth-order valence-corrected chi connectivity index (χ4v) is 3.17. The molecule has 0 aliphatic carbocycles. The van der Waals surface area contributed by atoms with Crippen LogP contribution < -0.4 is 0 Å². The highest BCUT2D eigenvalue weighted by molar-refractivity contribution is 9.11. The minimum absolute atomic E-state index is 0.209. The zero-order valence-electron chi connectivity index (χ0n) is 8.25. The van der Waals surface area contributed by atoms with Gasteiger partial charge < -0.3 is 0 Å². The van der Waals surface area contributed by atoms with E-state index >= 15 is 0 Å². The van der Waals surface area contributed by atoms with Crippen molar-refractivity contribution in [3.05, 3.63) is 51.0 Å². The molecular formula is C11H5Br2F2NS. The zero-order valence-corrected chi connectivity index (χ0v) is 12.2. The molecule has 0 aliphatic heterocycles. The van der Waals surface area contributed by atoms with Gasteiger partial charge in [-0.2, -0.15) is 0 Å². The van der Waals surface area contributed by atoms with Gasteiger partial charge in [0, 0.05) is 10.7 Å². The van der Waals surface area contributed by atoms with Crippen molar-refractivity contribution < 1.29 is 8.78 Å². The van der Waals surface area contributed by atoms with Crippen LogP contribution in [0.1, 0.15) is 0 Å². The molecule has 0 fully saturated rings. The van der Waals surface area contributed by atoms with Crippen molar-refractivity contribution >= 4 is 43.6 Å². The molecule has 0 aliphatic rings. The van der Waals surface area contributed by atoms with E-state index in [1.54, 1.807) is 12.3 Å². The molecule has 0 N–H and O–H groups in total. The Morgan fingerprint density at radius 2 is 1.88 bits per heavy atom. The summed E-state index contributed by atoms with van der Waals surface area (Å²) in [6.45, 7) is 0. The summed E-state index contributed by atoms with van der Waals surface area (Å²) in [5.41, 5.74) is 0. The van der Waals surface area contributed by atoms with E-state index in [-0.39, 0.29) is 4.90 Å². The number of nitrogens with zero attached hydrogens (tertiary/aromatic N) is 1. The summed E-state index contributed by atoms with van der Waals surface area (Å²) in [4.78, 5) is 4.33. The van der Waals surface area contributed by atoms with E-state index in [0.717, 1.165) is 38.9 Å². The van der Waals surface area contributed by atoms with Crippen LogP contribution in [0.4, 0.5) is 8.78 Å². The lowest BCUT2D eigenvalue weighted by Gasteiger charge is -2.05. The number of rotatable bonds is 2. The highest BCUT2D eigenvalue weighted by atomic mass is 79.9. The van der Waals surface area contributed by atoms with Crippen LogP contribution in [0.2, 0.25) is 0 Å². The standard InChI is InChI=1S/C11H5Br2F2NS/c12-6-3-8(13)11(16-5-6)17-10-4-7(14)1-2-9(10)15/h1-5H. The molecular weight excluding hydrogens is 376 g/mol. The van der Waals surface area contributed by atoms with E-state index < -0.39 is 11.6 Å². The average molecular weight is 381 g/mol. The van der Waals surface area contributed by atoms with Crippen LogP contribution in [-0.2, 0) is 0 Å². The molecule has 1 heterocycles. The van der Waals surface area contributed by atoms with Gasteiger partial charge in [0.05, 0.1) is 9.37 Å². The van der Waals surface area contributed by atoms with Crippen LogP contribution in [0.3, 0.4) is 0 Å². The Bertz CT molecular complexity index is 563. The first-order valence-corrected chi connectivity index (χ1v) is 6.90. The van der Waals surface area contributed by atoms with Gasteiger partial charge in [0.25, 0.3) is 0 Å². The largest absolute Gasteiger partial charge is 0.247 e. The van der Waals surface area contributed by atoms with Crippen molar-refractivity contribution in [2.45, 2.75) is 9.92 Å². The summed E-state index contributed by atoms with van der Waals surface area (Å²) in [5, 5.41) is 0.581. The van der Waals surface area contributed by atoms with Gasteiger partial charge >= 0.3 is 0 Å². The molecule has 2 aromatic rings. The average Bonchev–Trinajstić information content (AvgIpc) is 2.27. The van der Waals surface area contributed by atoms with E-state index in [0.29, 0.717) is 5.03 Å². The second kappa shape index (κ2) is 5.46. The number of aromatic nitrogens is 1. The summed E-state index contributed by atoms with van der Waals surface area (Å²) in [5.74, 6) is -0.935. The van der Waals surface area contributed by atoms with E-state index in [9.17, 15) is 8.78 Å². The fraction of sp³-hybridized carbons (Fsp3) is 0. The predicted molar refractivity (Wildman–Crippen MR) is 70.1 cm³/mol. The highest BCUT2D eigenvalue weighted by Gasteiger charge is 2.09. The second-order valence-electron chi connectivity index (χ2n) is 3.12. The Kier molecular flexibility index (Phi) is 4.17. The topological polar surface area (TPSA) is 12.9 Å². The smallest absolute Gasteiger partial charge is 0.137 e. The quantitative estimate of drug-likeness (QED) is 0.724. The molecule has 0 atom stereocenters. The Morgan fingerprint density at radius 3 is 2.59 bits per heavy atom. The molecule has 0 bridgehead atoms. The monoisotopic (exact) mass is 379 g/mol. The minimum Gasteiger partial charge on any atom is -0.247 e. The first-order chi connectivity index (χ1) is 8.06. The van der Waals surface area contributed by atoms with Crippen LogP contribution in [0.5, 0.6) is 0 Å². The SMILES string of the molecule is Fc1ccc(F)c(Sc2ncc(Br)cc2Br)c1. The van der Waals surface area contributed by atoms with Crippen LogP contribution in [0, 0.1) is 11.6 Å². The number of hydrogen-bond donors (Lipinski definition) is 0. The number of halogens is 4. The van der Waals surface area contributed by atoms with Crippen molar-refractivity contribution in [2.75, 3.05) is 0 Å². The summed E-state index contributed by atoms with van der Waals surface area (Å²) in [6.07, 6.45) is 1.60. The summed E-state index contributed by atoms with van der Waals surface area (Å²) < 4.78 is 28.0. The number of hydrogen-bond acceptors (Lipinski definition) is 2. The molecule has 2 rings (SSSR count). The van der Waals surface area contributed by atoms with Crippen molar-refractivity contribution in [3.63, 3.8) is 0 Å². The maximum absolute atomic E-state index is 13.4. The third-order valence-corrected chi connectivity index (χ3v) is 4.23. The predicted octanol–water partition coefficient (Wildman–Crippen LogP) is 5.04. The third-order valence-electron chi connectivity index (χ3n) is 1.87. The number of pyridine rings is 1. The van der Waals surface area contributed by atoms with Gasteiger partial charge in [0.1, 0.15) is 16.7 Å². The van der Waals surface area contributed by atoms with Crippen molar-refractivity contribution in [3.8, 4) is 0 Å². The summed E-state index contributed by atoms with van der Waals surface area (Å²) >= 11 is 7.66. The molecule has 88 valence electrons. The van der Waals surface area contributed by atoms with Crippen LogP contribution >= 0.6 is 43.6 Å². The minimum atomic E-state index is -0.470.